The summed E-state index contributed by atoms with van der Waals surface area (Å²) >= 11 is 1.25. The van der Waals surface area contributed by atoms with Gasteiger partial charge in [-0.15, -0.1) is 11.3 Å². The normalized spacial score (nSPS) is 10.9. The highest BCUT2D eigenvalue weighted by molar-refractivity contribution is 7.20. The molecule has 0 unspecified atom stereocenters. The minimum atomic E-state index is -0.198. The second-order valence-electron chi connectivity index (χ2n) is 5.79. The number of rotatable bonds is 4. The lowest BCUT2D eigenvalue weighted by molar-refractivity contribution is 0.0954. The topological polar surface area (TPSA) is 73.2 Å². The van der Waals surface area contributed by atoms with E-state index in [1.165, 1.54) is 15.9 Å². The predicted molar refractivity (Wildman–Crippen MR) is 98.5 cm³/mol. The number of carbonyl (C=O) groups is 1. The Labute approximate surface area is 149 Å². The van der Waals surface area contributed by atoms with Gasteiger partial charge in [-0.2, -0.15) is 0 Å². The van der Waals surface area contributed by atoms with Gasteiger partial charge in [0.25, 0.3) is 11.5 Å². The van der Waals surface area contributed by atoms with Gasteiger partial charge in [0.2, 0.25) is 0 Å². The van der Waals surface area contributed by atoms with Crippen LogP contribution in [0, 0.1) is 13.8 Å². The SMILES string of the molecule is COc1ccc(CNC(=O)c2sc3nc(C)n(C)c(=O)c3c2C)cc1. The lowest BCUT2D eigenvalue weighted by atomic mass is 10.2. The Kier molecular flexibility index (Phi) is 4.59. The maximum absolute atomic E-state index is 12.6. The van der Waals surface area contributed by atoms with E-state index >= 15 is 0 Å². The van der Waals surface area contributed by atoms with Crippen LogP contribution in [0.4, 0.5) is 0 Å². The molecule has 1 amide bonds. The standard InChI is InChI=1S/C18H19N3O3S/c1-10-14-17(20-11(2)21(3)18(14)23)25-15(10)16(22)19-9-12-5-7-13(24-4)8-6-12/h5-8H,9H2,1-4H3,(H,19,22). The molecule has 0 radical (unpaired) electrons. The average molecular weight is 357 g/mol. The molecule has 0 spiro atoms. The number of benzene rings is 1. The zero-order valence-electron chi connectivity index (χ0n) is 14.5. The molecule has 6 nitrogen and oxygen atoms in total. The summed E-state index contributed by atoms with van der Waals surface area (Å²) in [5.74, 6) is 1.20. The molecule has 25 heavy (non-hydrogen) atoms. The summed E-state index contributed by atoms with van der Waals surface area (Å²) < 4.78 is 6.62. The van der Waals surface area contributed by atoms with Gasteiger partial charge < -0.3 is 10.1 Å². The van der Waals surface area contributed by atoms with Crippen LogP contribution in [0.15, 0.2) is 29.1 Å². The Morgan fingerprint density at radius 3 is 2.60 bits per heavy atom. The first-order chi connectivity index (χ1) is 11.9. The molecule has 2 heterocycles. The number of nitrogens with zero attached hydrogens (tertiary/aromatic N) is 2. The van der Waals surface area contributed by atoms with Crippen LogP contribution in [0.2, 0.25) is 0 Å². The Hall–Kier alpha value is -2.67. The average Bonchev–Trinajstić information content (AvgIpc) is 2.94. The fraction of sp³-hybridized carbons (Fsp3) is 0.278. The van der Waals surface area contributed by atoms with Crippen LogP contribution in [0.25, 0.3) is 10.2 Å². The van der Waals surface area contributed by atoms with Crippen LogP contribution in [0.3, 0.4) is 0 Å². The molecule has 0 aliphatic carbocycles. The van der Waals surface area contributed by atoms with Gasteiger partial charge in [-0.3, -0.25) is 14.2 Å². The van der Waals surface area contributed by atoms with Crippen molar-refractivity contribution in [1.29, 1.82) is 0 Å². The summed E-state index contributed by atoms with van der Waals surface area (Å²) in [5, 5.41) is 3.42. The molecule has 1 N–H and O–H groups in total. The van der Waals surface area contributed by atoms with Gasteiger partial charge in [-0.25, -0.2) is 4.98 Å². The van der Waals surface area contributed by atoms with E-state index in [0.717, 1.165) is 11.3 Å². The predicted octanol–water partition coefficient (Wildman–Crippen LogP) is 2.55. The van der Waals surface area contributed by atoms with Gasteiger partial charge in [0.15, 0.2) is 0 Å². The van der Waals surface area contributed by atoms with Crippen LogP contribution in [-0.2, 0) is 13.6 Å². The van der Waals surface area contributed by atoms with Crippen molar-refractivity contribution in [2.45, 2.75) is 20.4 Å². The molecular formula is C18H19N3O3S. The summed E-state index contributed by atoms with van der Waals surface area (Å²) in [4.78, 5) is 30.5. The van der Waals surface area contributed by atoms with E-state index in [9.17, 15) is 9.59 Å². The number of aryl methyl sites for hydroxylation is 2. The molecule has 0 saturated carbocycles. The number of carbonyl (C=O) groups excluding carboxylic acids is 1. The first kappa shape index (κ1) is 17.2. The molecule has 0 bridgehead atoms. The zero-order chi connectivity index (χ0) is 18.1. The van der Waals surface area contributed by atoms with Crippen molar-refractivity contribution in [1.82, 2.24) is 14.9 Å². The number of hydrogen-bond acceptors (Lipinski definition) is 5. The van der Waals surface area contributed by atoms with E-state index in [2.05, 4.69) is 10.3 Å². The fourth-order valence-electron chi connectivity index (χ4n) is 2.59. The maximum Gasteiger partial charge on any atom is 0.262 e. The largest absolute Gasteiger partial charge is 0.497 e. The zero-order valence-corrected chi connectivity index (χ0v) is 15.4. The van der Waals surface area contributed by atoms with E-state index in [4.69, 9.17) is 4.74 Å². The molecular weight excluding hydrogens is 338 g/mol. The summed E-state index contributed by atoms with van der Waals surface area (Å²) in [6.07, 6.45) is 0. The second-order valence-corrected chi connectivity index (χ2v) is 6.79. The molecule has 0 atom stereocenters. The number of methoxy groups -OCH3 is 1. The summed E-state index contributed by atoms with van der Waals surface area (Å²) in [7, 11) is 3.30. The van der Waals surface area contributed by atoms with Crippen molar-refractivity contribution in [3.05, 3.63) is 56.4 Å². The third-order valence-electron chi connectivity index (χ3n) is 4.21. The van der Waals surface area contributed by atoms with Gasteiger partial charge in [-0.05, 0) is 37.1 Å². The second kappa shape index (κ2) is 6.68. The number of thiophene rings is 1. The van der Waals surface area contributed by atoms with Crippen molar-refractivity contribution in [2.24, 2.45) is 7.05 Å². The summed E-state index contributed by atoms with van der Waals surface area (Å²) in [6, 6.07) is 7.50. The Balaban J connectivity index is 1.85. The molecule has 7 heteroatoms. The number of aromatic nitrogens is 2. The van der Waals surface area contributed by atoms with E-state index in [1.54, 1.807) is 28.0 Å². The number of ether oxygens (including phenoxy) is 1. The molecule has 3 aromatic rings. The number of nitrogens with one attached hydrogen (secondary N) is 1. The Morgan fingerprint density at radius 1 is 1.28 bits per heavy atom. The highest BCUT2D eigenvalue weighted by Gasteiger charge is 2.19. The Bertz CT molecular complexity index is 1000. The molecule has 1 aromatic carbocycles. The van der Waals surface area contributed by atoms with Crippen molar-refractivity contribution < 1.29 is 9.53 Å². The van der Waals surface area contributed by atoms with Crippen molar-refractivity contribution in [2.75, 3.05) is 7.11 Å². The maximum atomic E-state index is 12.6. The van der Waals surface area contributed by atoms with Crippen molar-refractivity contribution in [3.63, 3.8) is 0 Å². The van der Waals surface area contributed by atoms with Crippen LogP contribution in [-0.4, -0.2) is 22.6 Å². The van der Waals surface area contributed by atoms with Crippen molar-refractivity contribution >= 4 is 27.5 Å². The van der Waals surface area contributed by atoms with Crippen molar-refractivity contribution in [3.8, 4) is 5.75 Å². The first-order valence-electron chi connectivity index (χ1n) is 7.80. The van der Waals surface area contributed by atoms with Gasteiger partial charge >= 0.3 is 0 Å². The van der Waals surface area contributed by atoms with Gasteiger partial charge in [-0.1, -0.05) is 12.1 Å². The van der Waals surface area contributed by atoms with Crippen LogP contribution >= 0.6 is 11.3 Å². The molecule has 0 fully saturated rings. The minimum absolute atomic E-state index is 0.120. The van der Waals surface area contributed by atoms with E-state index in [1.807, 2.05) is 24.3 Å². The summed E-state index contributed by atoms with van der Waals surface area (Å²) in [6.45, 7) is 3.97. The third kappa shape index (κ3) is 3.15. The van der Waals surface area contributed by atoms with E-state index < -0.39 is 0 Å². The lowest BCUT2D eigenvalue weighted by Gasteiger charge is -2.06. The Morgan fingerprint density at radius 2 is 1.96 bits per heavy atom. The fourth-order valence-corrected chi connectivity index (χ4v) is 3.72. The molecule has 130 valence electrons. The monoisotopic (exact) mass is 357 g/mol. The van der Waals surface area contributed by atoms with Crippen LogP contribution in [0.1, 0.15) is 26.6 Å². The molecule has 3 rings (SSSR count). The molecule has 0 saturated heterocycles. The first-order valence-corrected chi connectivity index (χ1v) is 8.62. The molecule has 0 aliphatic heterocycles. The highest BCUT2D eigenvalue weighted by atomic mass is 32.1. The minimum Gasteiger partial charge on any atom is -0.497 e. The molecule has 0 aliphatic rings. The lowest BCUT2D eigenvalue weighted by Crippen LogP contribution is -2.23. The quantitative estimate of drug-likeness (QED) is 0.779. The molecule has 2 aromatic heterocycles. The number of amides is 1. The van der Waals surface area contributed by atoms with Crippen LogP contribution < -0.4 is 15.6 Å². The number of hydrogen-bond donors (Lipinski definition) is 1. The van der Waals surface area contributed by atoms with E-state index in [-0.39, 0.29) is 11.5 Å². The third-order valence-corrected chi connectivity index (χ3v) is 5.40. The van der Waals surface area contributed by atoms with Gasteiger partial charge in [0.1, 0.15) is 16.4 Å². The van der Waals surface area contributed by atoms with Gasteiger partial charge in [0.05, 0.1) is 17.4 Å². The van der Waals surface area contributed by atoms with Gasteiger partial charge in [0, 0.05) is 13.6 Å². The number of fused-ring (bicyclic) bond motifs is 1. The summed E-state index contributed by atoms with van der Waals surface area (Å²) in [5.41, 5.74) is 1.53. The van der Waals surface area contributed by atoms with E-state index in [0.29, 0.717) is 33.0 Å². The highest BCUT2D eigenvalue weighted by Crippen LogP contribution is 2.27. The van der Waals surface area contributed by atoms with Crippen LogP contribution in [0.5, 0.6) is 5.75 Å². The smallest absolute Gasteiger partial charge is 0.262 e.